The number of thioether (sulfide) groups is 1. The van der Waals surface area contributed by atoms with Crippen molar-refractivity contribution in [1.82, 2.24) is 14.5 Å². The van der Waals surface area contributed by atoms with Crippen LogP contribution in [0.5, 0.6) is 0 Å². The minimum atomic E-state index is -0.157. The molecule has 0 aliphatic heterocycles. The number of aromatic nitrogens is 3. The first-order valence-electron chi connectivity index (χ1n) is 10.4. The predicted octanol–water partition coefficient (Wildman–Crippen LogP) is 5.69. The number of hydrogen-bond acceptors (Lipinski definition) is 4. The standard InChI is InChI=1S/C24H23BrN4O2S/c1-2-3-13-29-23(31)22-21(17(14-26-22)16-9-5-4-6-10-16)28-24(29)32-15-20(30)27-19-12-8-7-11-18(19)25/h4-12,14,26H,2-3,13,15H2,1H3,(H,27,30). The average Bonchev–Trinajstić information content (AvgIpc) is 3.23. The Labute approximate surface area is 198 Å². The Kier molecular flexibility index (Phi) is 7.12. The van der Waals surface area contributed by atoms with Crippen LogP contribution in [0.25, 0.3) is 22.2 Å². The summed E-state index contributed by atoms with van der Waals surface area (Å²) in [5.41, 5.74) is 3.57. The number of unbranched alkanes of at least 4 members (excludes halogenated alkanes) is 1. The number of carbonyl (C=O) groups excluding carboxylic acids is 1. The van der Waals surface area contributed by atoms with E-state index in [2.05, 4.69) is 33.2 Å². The molecule has 0 saturated heterocycles. The number of hydrogen-bond donors (Lipinski definition) is 2. The molecule has 164 valence electrons. The van der Waals surface area contributed by atoms with Crippen molar-refractivity contribution in [2.75, 3.05) is 11.1 Å². The number of fused-ring (bicyclic) bond motifs is 1. The van der Waals surface area contributed by atoms with Crippen molar-refractivity contribution < 1.29 is 4.79 Å². The van der Waals surface area contributed by atoms with Crippen molar-refractivity contribution in [2.45, 2.75) is 31.5 Å². The molecule has 2 aromatic heterocycles. The maximum absolute atomic E-state index is 13.3. The lowest BCUT2D eigenvalue weighted by Gasteiger charge is -2.12. The monoisotopic (exact) mass is 510 g/mol. The van der Waals surface area contributed by atoms with Gasteiger partial charge in [-0.2, -0.15) is 0 Å². The summed E-state index contributed by atoms with van der Waals surface area (Å²) in [6, 6.07) is 17.3. The number of carbonyl (C=O) groups is 1. The molecule has 4 rings (SSSR count). The van der Waals surface area contributed by atoms with Crippen LogP contribution in [0.4, 0.5) is 5.69 Å². The Morgan fingerprint density at radius 3 is 2.66 bits per heavy atom. The molecule has 0 spiro atoms. The maximum Gasteiger partial charge on any atom is 0.278 e. The van der Waals surface area contributed by atoms with Gasteiger partial charge >= 0.3 is 0 Å². The number of anilines is 1. The van der Waals surface area contributed by atoms with Gasteiger partial charge in [0.2, 0.25) is 5.91 Å². The molecule has 0 aliphatic carbocycles. The molecule has 4 aromatic rings. The molecule has 32 heavy (non-hydrogen) atoms. The van der Waals surface area contributed by atoms with E-state index in [-0.39, 0.29) is 17.2 Å². The van der Waals surface area contributed by atoms with Gasteiger partial charge in [0, 0.05) is 22.8 Å². The SMILES string of the molecule is CCCCn1c(SCC(=O)Nc2ccccc2Br)nc2c(-c3ccccc3)c[nH]c2c1=O. The minimum absolute atomic E-state index is 0.112. The molecule has 0 unspecified atom stereocenters. The highest BCUT2D eigenvalue weighted by Gasteiger charge is 2.17. The van der Waals surface area contributed by atoms with Gasteiger partial charge < -0.3 is 10.3 Å². The largest absolute Gasteiger partial charge is 0.355 e. The number of H-pyrrole nitrogens is 1. The summed E-state index contributed by atoms with van der Waals surface area (Å²) in [7, 11) is 0. The molecule has 0 saturated carbocycles. The molecule has 8 heteroatoms. The highest BCUT2D eigenvalue weighted by atomic mass is 79.9. The molecule has 2 aromatic carbocycles. The summed E-state index contributed by atoms with van der Waals surface area (Å²) < 4.78 is 2.49. The first-order valence-corrected chi connectivity index (χ1v) is 12.2. The number of benzene rings is 2. The molecule has 0 radical (unpaired) electrons. The van der Waals surface area contributed by atoms with E-state index >= 15 is 0 Å². The highest BCUT2D eigenvalue weighted by molar-refractivity contribution is 9.10. The quantitative estimate of drug-likeness (QED) is 0.236. The Hall–Kier alpha value is -2.84. The second kappa shape index (κ2) is 10.2. The number of halogens is 1. The Morgan fingerprint density at radius 1 is 1.16 bits per heavy atom. The van der Waals surface area contributed by atoms with Gasteiger partial charge in [0.25, 0.3) is 5.56 Å². The van der Waals surface area contributed by atoms with Crippen LogP contribution in [0.3, 0.4) is 0 Å². The van der Waals surface area contributed by atoms with Gasteiger partial charge in [-0.25, -0.2) is 4.98 Å². The van der Waals surface area contributed by atoms with E-state index in [4.69, 9.17) is 4.98 Å². The molecule has 0 fully saturated rings. The van der Waals surface area contributed by atoms with Crippen LogP contribution in [-0.4, -0.2) is 26.2 Å². The number of aromatic amines is 1. The third kappa shape index (κ3) is 4.81. The topological polar surface area (TPSA) is 79.8 Å². The molecule has 0 aliphatic rings. The summed E-state index contributed by atoms with van der Waals surface area (Å²) in [5.74, 6) is -0.00751. The summed E-state index contributed by atoms with van der Waals surface area (Å²) in [5, 5.41) is 3.45. The second-order valence-electron chi connectivity index (χ2n) is 7.31. The number of nitrogens with zero attached hydrogens (tertiary/aromatic N) is 2. The molecule has 0 atom stereocenters. The Balaban J connectivity index is 1.66. The zero-order valence-electron chi connectivity index (χ0n) is 17.6. The van der Waals surface area contributed by atoms with Crippen LogP contribution in [0.1, 0.15) is 19.8 Å². The first kappa shape index (κ1) is 22.4. The molecule has 1 amide bonds. The maximum atomic E-state index is 13.3. The van der Waals surface area contributed by atoms with Gasteiger partial charge in [0.05, 0.1) is 11.4 Å². The molecule has 2 N–H and O–H groups in total. The van der Waals surface area contributed by atoms with Crippen molar-refractivity contribution in [3.63, 3.8) is 0 Å². The van der Waals surface area contributed by atoms with Gasteiger partial charge in [-0.3, -0.25) is 14.2 Å². The lowest BCUT2D eigenvalue weighted by molar-refractivity contribution is -0.113. The van der Waals surface area contributed by atoms with E-state index in [1.165, 1.54) is 11.8 Å². The van der Waals surface area contributed by atoms with Crippen molar-refractivity contribution in [2.24, 2.45) is 0 Å². The van der Waals surface area contributed by atoms with E-state index < -0.39 is 0 Å². The van der Waals surface area contributed by atoms with Crippen LogP contribution >= 0.6 is 27.7 Å². The lowest BCUT2D eigenvalue weighted by Crippen LogP contribution is -2.24. The molecular formula is C24H23BrN4O2S. The van der Waals surface area contributed by atoms with E-state index in [1.54, 1.807) is 4.57 Å². The lowest BCUT2D eigenvalue weighted by atomic mass is 10.1. The minimum Gasteiger partial charge on any atom is -0.355 e. The van der Waals surface area contributed by atoms with Gasteiger partial charge in [0.1, 0.15) is 11.0 Å². The zero-order chi connectivity index (χ0) is 22.5. The summed E-state index contributed by atoms with van der Waals surface area (Å²) >= 11 is 4.72. The normalized spacial score (nSPS) is 11.1. The van der Waals surface area contributed by atoms with E-state index in [0.717, 1.165) is 28.4 Å². The fraction of sp³-hybridized carbons (Fsp3) is 0.208. The zero-order valence-corrected chi connectivity index (χ0v) is 20.0. The van der Waals surface area contributed by atoms with E-state index in [9.17, 15) is 9.59 Å². The summed E-state index contributed by atoms with van der Waals surface area (Å²) in [6.07, 6.45) is 3.64. The highest BCUT2D eigenvalue weighted by Crippen LogP contribution is 2.28. The number of nitrogens with one attached hydrogen (secondary N) is 2. The summed E-state index contributed by atoms with van der Waals surface area (Å²) in [6.45, 7) is 2.64. The van der Waals surface area contributed by atoms with Gasteiger partial charge in [0.15, 0.2) is 5.16 Å². The van der Waals surface area contributed by atoms with Crippen molar-refractivity contribution in [3.8, 4) is 11.1 Å². The number of rotatable bonds is 8. The van der Waals surface area contributed by atoms with Crippen LogP contribution in [-0.2, 0) is 11.3 Å². The third-order valence-electron chi connectivity index (χ3n) is 5.05. The summed E-state index contributed by atoms with van der Waals surface area (Å²) in [4.78, 5) is 33.8. The van der Waals surface area contributed by atoms with Crippen LogP contribution < -0.4 is 10.9 Å². The van der Waals surface area contributed by atoms with Crippen molar-refractivity contribution >= 4 is 50.3 Å². The van der Waals surface area contributed by atoms with Gasteiger partial charge in [-0.05, 0) is 40.0 Å². The smallest absolute Gasteiger partial charge is 0.278 e. The Morgan fingerprint density at radius 2 is 1.91 bits per heavy atom. The molecular weight excluding hydrogens is 488 g/mol. The fourth-order valence-electron chi connectivity index (χ4n) is 3.41. The average molecular weight is 511 g/mol. The Bertz CT molecular complexity index is 1300. The van der Waals surface area contributed by atoms with E-state index in [0.29, 0.717) is 28.4 Å². The molecule has 2 heterocycles. The van der Waals surface area contributed by atoms with Gasteiger partial charge in [-0.1, -0.05) is 67.6 Å². The number of para-hydroxylation sites is 1. The predicted molar refractivity (Wildman–Crippen MR) is 134 cm³/mol. The van der Waals surface area contributed by atoms with Crippen LogP contribution in [0.2, 0.25) is 0 Å². The third-order valence-corrected chi connectivity index (χ3v) is 6.72. The first-order chi connectivity index (χ1) is 15.6. The van der Waals surface area contributed by atoms with Crippen molar-refractivity contribution in [1.29, 1.82) is 0 Å². The second-order valence-corrected chi connectivity index (χ2v) is 9.11. The number of amides is 1. The van der Waals surface area contributed by atoms with E-state index in [1.807, 2.05) is 60.8 Å². The molecule has 0 bridgehead atoms. The van der Waals surface area contributed by atoms with Crippen LogP contribution in [0.15, 0.2) is 75.2 Å². The van der Waals surface area contributed by atoms with Gasteiger partial charge in [-0.15, -0.1) is 0 Å². The van der Waals surface area contributed by atoms with Crippen molar-refractivity contribution in [3.05, 3.63) is 75.6 Å². The fourth-order valence-corrected chi connectivity index (χ4v) is 4.62. The molecule has 6 nitrogen and oxygen atoms in total. The van der Waals surface area contributed by atoms with Crippen LogP contribution in [0, 0.1) is 0 Å².